The average Bonchev–Trinajstić information content (AvgIpc) is 3.64. The van der Waals surface area contributed by atoms with Gasteiger partial charge in [-0.15, -0.1) is 0 Å². The molecule has 242 valence electrons. The molecule has 6 rings (SSSR count). The molecule has 3 amide bonds. The molecule has 4 aliphatic heterocycles. The molecular weight excluding hydrogens is 678 g/mol. The van der Waals surface area contributed by atoms with Crippen molar-refractivity contribution in [1.82, 2.24) is 10.2 Å². The second-order valence-corrected chi connectivity index (χ2v) is 13.4. The zero-order chi connectivity index (χ0) is 32.7. The second-order valence-electron chi connectivity index (χ2n) is 12.1. The SMILES string of the molecule is Cc1cccc(Cl)c1N1C/C=C\CCC(=O)NC[C@@H](c2ccccc2)OC(=O)[C@@H]2[C@H]3O[C@@]4(C=C3Br)[C@H](C1=O)N([C@H](C)CO)C(=O)[C@@H]24. The molecular formula is C34H35BrClN3O7. The van der Waals surface area contributed by atoms with Crippen LogP contribution in [0.4, 0.5) is 5.69 Å². The number of anilines is 1. The molecule has 12 heteroatoms. The Labute approximate surface area is 280 Å². The van der Waals surface area contributed by atoms with Gasteiger partial charge in [-0.2, -0.15) is 0 Å². The number of benzene rings is 2. The highest BCUT2D eigenvalue weighted by molar-refractivity contribution is 9.11. The third kappa shape index (κ3) is 5.46. The van der Waals surface area contributed by atoms with Gasteiger partial charge < -0.3 is 29.7 Å². The number of cyclic esters (lactones) is 1. The molecule has 0 aliphatic carbocycles. The Balaban J connectivity index is 1.49. The van der Waals surface area contributed by atoms with Gasteiger partial charge in [0.05, 0.1) is 35.8 Å². The Hall–Kier alpha value is -3.51. The maximum absolute atomic E-state index is 14.9. The Kier molecular flexibility index (Phi) is 9.13. The van der Waals surface area contributed by atoms with E-state index in [2.05, 4.69) is 21.2 Å². The van der Waals surface area contributed by atoms with E-state index in [0.717, 1.165) is 5.56 Å². The van der Waals surface area contributed by atoms with Crippen molar-refractivity contribution in [2.45, 2.75) is 56.6 Å². The number of aliphatic hydroxyl groups is 1. The highest BCUT2D eigenvalue weighted by atomic mass is 79.9. The summed E-state index contributed by atoms with van der Waals surface area (Å²) in [5, 5.41) is 13.5. The topological polar surface area (TPSA) is 125 Å². The quantitative estimate of drug-likeness (QED) is 0.363. The van der Waals surface area contributed by atoms with Gasteiger partial charge in [-0.1, -0.05) is 82.1 Å². The number of para-hydroxylation sites is 1. The third-order valence-electron chi connectivity index (χ3n) is 9.24. The number of hydrogen-bond acceptors (Lipinski definition) is 7. The predicted octanol–water partition coefficient (Wildman–Crippen LogP) is 3.99. The molecule has 2 aromatic rings. The maximum Gasteiger partial charge on any atom is 0.313 e. The van der Waals surface area contributed by atoms with Crippen LogP contribution < -0.4 is 10.2 Å². The molecule has 7 atom stereocenters. The van der Waals surface area contributed by atoms with E-state index in [1.807, 2.05) is 37.3 Å². The van der Waals surface area contributed by atoms with Crippen LogP contribution in [-0.4, -0.2) is 77.2 Å². The van der Waals surface area contributed by atoms with Gasteiger partial charge in [0.1, 0.15) is 29.8 Å². The van der Waals surface area contributed by atoms with Gasteiger partial charge in [-0.25, -0.2) is 0 Å². The minimum absolute atomic E-state index is 0.0334. The summed E-state index contributed by atoms with van der Waals surface area (Å²) in [7, 11) is 0. The number of allylic oxidation sites excluding steroid dienone is 1. The number of likely N-dealkylation sites (tertiary alicyclic amines) is 1. The molecule has 2 aromatic carbocycles. The number of rotatable bonds is 4. The monoisotopic (exact) mass is 711 g/mol. The van der Waals surface area contributed by atoms with Crippen LogP contribution >= 0.6 is 27.5 Å². The van der Waals surface area contributed by atoms with Crippen molar-refractivity contribution < 1.29 is 33.8 Å². The first-order valence-electron chi connectivity index (χ1n) is 15.3. The molecule has 2 saturated heterocycles. The van der Waals surface area contributed by atoms with Crippen molar-refractivity contribution >= 4 is 56.9 Å². The number of nitrogens with one attached hydrogen (secondary N) is 1. The Morgan fingerprint density at radius 3 is 2.57 bits per heavy atom. The standard InChI is InChI=1S/C34H35BrClN3O7/c1-19-10-9-13-23(36)28(19)38-15-8-4-7-14-25(41)37-17-24(21-11-5-3-6-12-21)45-33(44)26-27-31(42)39(20(2)18-40)30(32(38)43)34(27)16-22(35)29(26)46-34/h3-6,8-13,16,20,24,26-27,29-30,40H,7,14-15,17-18H2,1-2H3,(H,37,41)/b8-4-/t20-,24+,26+,27-,29+,30+,34-/m1/s1. The molecule has 2 fully saturated rings. The van der Waals surface area contributed by atoms with Gasteiger partial charge in [0.25, 0.3) is 5.91 Å². The number of fused-ring (bicyclic) bond motifs is 2. The number of aliphatic hydroxyl groups excluding tert-OH is 1. The molecule has 0 saturated carbocycles. The van der Waals surface area contributed by atoms with Gasteiger partial charge in [-0.05, 0) is 43.5 Å². The van der Waals surface area contributed by atoms with Gasteiger partial charge in [0.2, 0.25) is 11.8 Å². The molecule has 2 N–H and O–H groups in total. The van der Waals surface area contributed by atoms with Gasteiger partial charge in [0, 0.05) is 17.4 Å². The number of ether oxygens (including phenoxy) is 2. The van der Waals surface area contributed by atoms with Gasteiger partial charge >= 0.3 is 5.97 Å². The summed E-state index contributed by atoms with van der Waals surface area (Å²) in [5.41, 5.74) is 0.360. The third-order valence-corrected chi connectivity index (χ3v) is 10.2. The molecule has 4 aliphatic rings. The van der Waals surface area contributed by atoms with E-state index in [4.69, 9.17) is 21.1 Å². The summed E-state index contributed by atoms with van der Waals surface area (Å²) >= 11 is 10.3. The smallest absolute Gasteiger partial charge is 0.313 e. The molecule has 10 nitrogen and oxygen atoms in total. The lowest BCUT2D eigenvalue weighted by atomic mass is 9.74. The second kappa shape index (κ2) is 12.9. The molecule has 46 heavy (non-hydrogen) atoms. The first-order chi connectivity index (χ1) is 22.1. The first kappa shape index (κ1) is 32.4. The number of nitrogens with zero attached hydrogens (tertiary/aromatic N) is 2. The molecule has 1 spiro atoms. The van der Waals surface area contributed by atoms with E-state index in [-0.39, 0.29) is 25.4 Å². The van der Waals surface area contributed by atoms with Crippen LogP contribution in [0.3, 0.4) is 0 Å². The lowest BCUT2D eigenvalue weighted by Gasteiger charge is -2.38. The van der Waals surface area contributed by atoms with Crippen LogP contribution in [0, 0.1) is 18.8 Å². The number of esters is 1. The first-order valence-corrected chi connectivity index (χ1v) is 16.5. The van der Waals surface area contributed by atoms with Crippen LogP contribution in [0.2, 0.25) is 5.02 Å². The normalized spacial score (nSPS) is 31.3. The van der Waals surface area contributed by atoms with Crippen LogP contribution in [0.5, 0.6) is 0 Å². The highest BCUT2D eigenvalue weighted by Crippen LogP contribution is 2.59. The van der Waals surface area contributed by atoms with Crippen molar-refractivity contribution in [3.8, 4) is 0 Å². The van der Waals surface area contributed by atoms with Crippen molar-refractivity contribution in [2.75, 3.05) is 24.6 Å². The van der Waals surface area contributed by atoms with E-state index in [0.29, 0.717) is 27.2 Å². The molecule has 5 bridgehead atoms. The number of aryl methyl sites for hydroxylation is 1. The number of carbonyl (C=O) groups is 4. The summed E-state index contributed by atoms with van der Waals surface area (Å²) in [6.07, 6.45) is 4.20. The minimum atomic E-state index is -1.52. The highest BCUT2D eigenvalue weighted by Gasteiger charge is 2.75. The zero-order valence-electron chi connectivity index (χ0n) is 25.4. The molecule has 4 heterocycles. The van der Waals surface area contributed by atoms with E-state index < -0.39 is 66.1 Å². The number of hydrogen-bond donors (Lipinski definition) is 2. The van der Waals surface area contributed by atoms with Crippen LogP contribution in [0.15, 0.2) is 71.2 Å². The minimum Gasteiger partial charge on any atom is -0.455 e. The van der Waals surface area contributed by atoms with Crippen LogP contribution in [0.25, 0.3) is 0 Å². The van der Waals surface area contributed by atoms with Crippen LogP contribution in [0.1, 0.15) is 37.0 Å². The largest absolute Gasteiger partial charge is 0.455 e. The van der Waals surface area contributed by atoms with E-state index >= 15 is 0 Å². The predicted molar refractivity (Wildman–Crippen MR) is 174 cm³/mol. The fourth-order valence-corrected chi connectivity index (χ4v) is 8.15. The van der Waals surface area contributed by atoms with Crippen molar-refractivity contribution in [1.29, 1.82) is 0 Å². The summed E-state index contributed by atoms with van der Waals surface area (Å²) < 4.78 is 13.2. The number of halogens is 2. The Morgan fingerprint density at radius 1 is 1.09 bits per heavy atom. The summed E-state index contributed by atoms with van der Waals surface area (Å²) in [5.74, 6) is -4.07. The van der Waals surface area contributed by atoms with Crippen molar-refractivity contribution in [2.24, 2.45) is 11.8 Å². The van der Waals surface area contributed by atoms with Crippen molar-refractivity contribution in [3.63, 3.8) is 0 Å². The van der Waals surface area contributed by atoms with Gasteiger partial charge in [-0.3, -0.25) is 19.2 Å². The summed E-state index contributed by atoms with van der Waals surface area (Å²) in [6.45, 7) is 3.20. The van der Waals surface area contributed by atoms with Crippen LogP contribution in [-0.2, 0) is 28.7 Å². The molecule has 0 unspecified atom stereocenters. The number of carbonyl (C=O) groups excluding carboxylic acids is 4. The summed E-state index contributed by atoms with van der Waals surface area (Å²) in [4.78, 5) is 59.1. The lowest BCUT2D eigenvalue weighted by Crippen LogP contribution is -2.58. The fraction of sp³-hybridized carbons (Fsp3) is 0.412. The zero-order valence-corrected chi connectivity index (χ0v) is 27.7. The molecule has 0 radical (unpaired) electrons. The fourth-order valence-electron chi connectivity index (χ4n) is 7.09. The summed E-state index contributed by atoms with van der Waals surface area (Å²) in [6, 6.07) is 12.4. The van der Waals surface area contributed by atoms with Gasteiger partial charge in [0.15, 0.2) is 0 Å². The van der Waals surface area contributed by atoms with Crippen molar-refractivity contribution in [3.05, 3.63) is 87.4 Å². The van der Waals surface area contributed by atoms with E-state index in [1.54, 1.807) is 43.3 Å². The average molecular weight is 713 g/mol. The lowest BCUT2D eigenvalue weighted by molar-refractivity contribution is -0.160. The van der Waals surface area contributed by atoms with E-state index in [9.17, 15) is 24.3 Å². The molecule has 0 aromatic heterocycles. The maximum atomic E-state index is 14.9. The number of amides is 3. The Morgan fingerprint density at radius 2 is 1.85 bits per heavy atom. The Bertz CT molecular complexity index is 1600. The van der Waals surface area contributed by atoms with E-state index in [1.165, 1.54) is 9.80 Å².